The summed E-state index contributed by atoms with van der Waals surface area (Å²) in [5.74, 6) is -1.96. The molecule has 2 fully saturated rings. The van der Waals surface area contributed by atoms with E-state index in [0.29, 0.717) is 17.5 Å². The number of nitrogens with one attached hydrogen (secondary N) is 1. The molecule has 1 amide bonds. The topological polar surface area (TPSA) is 275 Å². The maximum Gasteiger partial charge on any atom is 0.509 e. The van der Waals surface area contributed by atoms with Gasteiger partial charge in [-0.15, -0.1) is 0 Å². The zero-order valence-corrected chi connectivity index (χ0v) is 53.8. The standard InChI is InChI=1S/C64H85N4O19PSi/c1-10-33-75-63(72)85-59-55(66-52(69)34-49(12-3)81-53(70)13-4)61(82-50(41-74-36-43-25-17-14-18-26-43)58(59)86-88(73)79-39-46-31-23-24-32-47(46)40-80-88)78-42-51-57(77-38-45-29-21-16-22-30-45)60(56(67-68-65)62(83-51)87-89(8,9)64(5,6)7)84-54(71)35-48(11-2)76-37-44-27-19-15-20-28-44/h10,14-32,48-51,55-62H,1,11-13,33-42H2,2-9H3,(H,66,69)/t48-,49-,50?,51?,55?,56?,57-,58-,59-,60-,61-,62?/m1/s1. The zero-order valence-electron chi connectivity index (χ0n) is 51.9. The minimum Gasteiger partial charge on any atom is -0.462 e. The average Bonchev–Trinajstić information content (AvgIpc) is 1.56. The predicted octanol–water partition coefficient (Wildman–Crippen LogP) is 11.8. The molecule has 0 aliphatic carbocycles. The van der Waals surface area contributed by atoms with Crippen LogP contribution in [0.25, 0.3) is 10.4 Å². The third kappa shape index (κ3) is 20.8. The number of esters is 2. The van der Waals surface area contributed by atoms with Crippen LogP contribution in [-0.2, 0) is 117 Å². The Hall–Kier alpha value is -6.34. The second kappa shape index (κ2) is 34.2. The second-order valence-electron chi connectivity index (χ2n) is 23.2. The van der Waals surface area contributed by atoms with Gasteiger partial charge in [0, 0.05) is 11.3 Å². The minimum atomic E-state index is -4.67. The molecule has 3 aliphatic rings. The van der Waals surface area contributed by atoms with E-state index in [0.717, 1.165) is 16.7 Å². The molecule has 484 valence electrons. The number of benzene rings is 4. The lowest BCUT2D eigenvalue weighted by Crippen LogP contribution is -2.67. The fourth-order valence-corrected chi connectivity index (χ4v) is 12.1. The Morgan fingerprint density at radius 1 is 0.719 bits per heavy atom. The number of nitrogens with zero attached hydrogens (tertiary/aromatic N) is 3. The maximum atomic E-state index is 15.0. The number of carbonyl (C=O) groups excluding carboxylic acids is 4. The van der Waals surface area contributed by atoms with E-state index in [4.69, 9.17) is 65.4 Å². The van der Waals surface area contributed by atoms with Crippen LogP contribution in [0.1, 0.15) is 101 Å². The van der Waals surface area contributed by atoms with Crippen molar-refractivity contribution in [3.05, 3.63) is 166 Å². The van der Waals surface area contributed by atoms with Gasteiger partial charge in [-0.25, -0.2) is 9.36 Å². The van der Waals surface area contributed by atoms with Crippen LogP contribution in [0.4, 0.5) is 4.79 Å². The lowest BCUT2D eigenvalue weighted by molar-refractivity contribution is -0.300. The lowest BCUT2D eigenvalue weighted by atomic mass is 9.95. The third-order valence-electron chi connectivity index (χ3n) is 15.7. The lowest BCUT2D eigenvalue weighted by Gasteiger charge is -2.49. The van der Waals surface area contributed by atoms with Crippen LogP contribution < -0.4 is 5.32 Å². The van der Waals surface area contributed by atoms with Gasteiger partial charge in [-0.2, -0.15) is 0 Å². The van der Waals surface area contributed by atoms with Gasteiger partial charge in [0.1, 0.15) is 55.3 Å². The molecule has 89 heavy (non-hydrogen) atoms. The van der Waals surface area contributed by atoms with Crippen LogP contribution in [0.5, 0.6) is 0 Å². The average molecular weight is 1270 g/mol. The highest BCUT2D eigenvalue weighted by molar-refractivity contribution is 7.48. The number of ether oxygens (including phenoxy) is 10. The summed E-state index contributed by atoms with van der Waals surface area (Å²) in [6.07, 6.45) is -13.1. The van der Waals surface area contributed by atoms with Crippen LogP contribution in [0.2, 0.25) is 18.1 Å². The third-order valence-corrected chi connectivity index (χ3v) is 21.5. The van der Waals surface area contributed by atoms with E-state index in [1.54, 1.807) is 38.1 Å². The number of carbonyl (C=O) groups is 4. The van der Waals surface area contributed by atoms with Gasteiger partial charge in [0.05, 0.1) is 65.2 Å². The SMILES string of the molecule is C=CCOC(=O)O[C@@H]1C(NC(=O)C[C@@H](CC)OC(=O)CC)[C@H](OCC2OC(O[Si](C)(C)C(C)(C)C)C(N=[N+]=[N-])[C@@H](OC(=O)C[C@@H](CC)OCc3ccccc3)[C@@H]2OCc2ccccc2)OC(COCc2ccccc2)[C@H]1OP1(=O)OCc2ccccc2CO1. The van der Waals surface area contributed by atoms with Crippen LogP contribution >= 0.6 is 7.82 Å². The Balaban J connectivity index is 1.32. The van der Waals surface area contributed by atoms with Crippen molar-refractivity contribution < 1.29 is 89.1 Å². The van der Waals surface area contributed by atoms with E-state index >= 15 is 4.57 Å². The van der Waals surface area contributed by atoms with Crippen molar-refractivity contribution in [3.8, 4) is 0 Å². The summed E-state index contributed by atoms with van der Waals surface area (Å²) in [6, 6.07) is 32.2. The summed E-state index contributed by atoms with van der Waals surface area (Å²) < 4.78 is 104. The molecule has 0 saturated carbocycles. The van der Waals surface area contributed by atoms with Crippen molar-refractivity contribution >= 4 is 40.1 Å². The summed E-state index contributed by atoms with van der Waals surface area (Å²) >= 11 is 0. The first-order valence-electron chi connectivity index (χ1n) is 30.1. The number of phosphoric acid groups is 1. The fourth-order valence-electron chi connectivity index (χ4n) is 9.67. The highest BCUT2D eigenvalue weighted by atomic mass is 31.2. The summed E-state index contributed by atoms with van der Waals surface area (Å²) in [5, 5.41) is 6.68. The van der Waals surface area contributed by atoms with Gasteiger partial charge in [-0.1, -0.05) is 175 Å². The Kier molecular flexibility index (Phi) is 26.9. The van der Waals surface area contributed by atoms with E-state index < -0.39 is 125 Å². The number of fused-ring (bicyclic) bond motifs is 1. The zero-order chi connectivity index (χ0) is 64.0. The van der Waals surface area contributed by atoms with Gasteiger partial charge >= 0.3 is 25.9 Å². The molecule has 2 saturated heterocycles. The predicted molar refractivity (Wildman–Crippen MR) is 327 cm³/mol. The molecule has 3 heterocycles. The van der Waals surface area contributed by atoms with Crippen molar-refractivity contribution in [2.75, 3.05) is 19.8 Å². The molecule has 0 aromatic heterocycles. The van der Waals surface area contributed by atoms with E-state index in [-0.39, 0.29) is 71.9 Å². The van der Waals surface area contributed by atoms with Gasteiger partial charge in [-0.05, 0) is 64.3 Å². The summed E-state index contributed by atoms with van der Waals surface area (Å²) in [5.41, 5.74) is 14.1. The van der Waals surface area contributed by atoms with Gasteiger partial charge < -0.3 is 57.1 Å². The number of amides is 1. The summed E-state index contributed by atoms with van der Waals surface area (Å²) in [4.78, 5) is 58.9. The van der Waals surface area contributed by atoms with Crippen LogP contribution in [0.15, 0.2) is 133 Å². The van der Waals surface area contributed by atoms with E-state index in [2.05, 4.69) is 21.9 Å². The largest absolute Gasteiger partial charge is 0.509 e. The molecule has 0 bridgehead atoms. The van der Waals surface area contributed by atoms with E-state index in [1.165, 1.54) is 6.08 Å². The molecule has 3 aliphatic heterocycles. The molecule has 5 unspecified atom stereocenters. The van der Waals surface area contributed by atoms with Crippen molar-refractivity contribution in [1.82, 2.24) is 5.32 Å². The molecule has 4 aromatic carbocycles. The maximum absolute atomic E-state index is 15.0. The normalized spacial score (nSPS) is 24.0. The first-order valence-corrected chi connectivity index (χ1v) is 34.5. The molecule has 23 nitrogen and oxygen atoms in total. The van der Waals surface area contributed by atoms with Gasteiger partial charge in [0.25, 0.3) is 0 Å². The van der Waals surface area contributed by atoms with E-state index in [9.17, 15) is 24.7 Å². The van der Waals surface area contributed by atoms with Crippen molar-refractivity contribution in [2.24, 2.45) is 5.11 Å². The number of phosphoric ester groups is 1. The molecule has 12 atom stereocenters. The molecular weight excluding hydrogens is 1190 g/mol. The van der Waals surface area contributed by atoms with Crippen LogP contribution in [-0.4, -0.2) is 126 Å². The van der Waals surface area contributed by atoms with E-state index in [1.807, 2.05) is 132 Å². The minimum absolute atomic E-state index is 0.0391. The number of azide groups is 1. The fraction of sp³-hybridized carbons (Fsp3) is 0.531. The van der Waals surface area contributed by atoms with Gasteiger partial charge in [-0.3, -0.25) is 28.0 Å². The first-order chi connectivity index (χ1) is 42.7. The number of hydrogen-bond donors (Lipinski definition) is 1. The molecule has 0 radical (unpaired) electrons. The Morgan fingerprint density at radius 3 is 1.87 bits per heavy atom. The number of rotatable bonds is 31. The summed E-state index contributed by atoms with van der Waals surface area (Å²) in [7, 11) is -7.54. The van der Waals surface area contributed by atoms with Crippen LogP contribution in [0, 0.1) is 0 Å². The monoisotopic (exact) mass is 1270 g/mol. The highest BCUT2D eigenvalue weighted by Gasteiger charge is 2.56. The molecule has 25 heteroatoms. The Bertz CT molecular complexity index is 2960. The van der Waals surface area contributed by atoms with Crippen LogP contribution in [0.3, 0.4) is 0 Å². The highest BCUT2D eigenvalue weighted by Crippen LogP contribution is 2.55. The summed E-state index contributed by atoms with van der Waals surface area (Å²) in [6.45, 7) is 17.6. The quantitative estimate of drug-likeness (QED) is 0.00716. The molecule has 1 N–H and O–H groups in total. The molecule has 7 rings (SSSR count). The van der Waals surface area contributed by atoms with Crippen molar-refractivity contribution in [3.63, 3.8) is 0 Å². The number of hydrogen-bond acceptors (Lipinski definition) is 20. The Morgan fingerprint density at radius 2 is 1.29 bits per heavy atom. The van der Waals surface area contributed by atoms with Crippen molar-refractivity contribution in [2.45, 2.75) is 198 Å². The van der Waals surface area contributed by atoms with Gasteiger partial charge in [0.2, 0.25) is 5.91 Å². The molecule has 0 spiro atoms. The molecule has 4 aromatic rings. The van der Waals surface area contributed by atoms with Crippen molar-refractivity contribution in [1.29, 1.82) is 0 Å². The second-order valence-corrected chi connectivity index (χ2v) is 29.6. The van der Waals surface area contributed by atoms with Gasteiger partial charge in [0.15, 0.2) is 27.0 Å². The first kappa shape index (κ1) is 70.1. The molecular formula is C64H85N4O19PSi. The smallest absolute Gasteiger partial charge is 0.462 e. The Labute approximate surface area is 521 Å².